The van der Waals surface area contributed by atoms with E-state index in [0.29, 0.717) is 11.5 Å². The van der Waals surface area contributed by atoms with E-state index in [0.717, 1.165) is 36.4 Å². The fourth-order valence-corrected chi connectivity index (χ4v) is 4.00. The number of halogens is 1. The van der Waals surface area contributed by atoms with Crippen molar-refractivity contribution in [2.45, 2.75) is 37.6 Å². The van der Waals surface area contributed by atoms with Crippen LogP contribution < -0.4 is 10.5 Å². The van der Waals surface area contributed by atoms with E-state index in [1.54, 1.807) is 22.8 Å². The molecule has 25 heavy (non-hydrogen) atoms. The highest BCUT2D eigenvalue weighted by molar-refractivity contribution is 6.30. The van der Waals surface area contributed by atoms with Crippen molar-refractivity contribution >= 4 is 24.9 Å². The quantitative estimate of drug-likeness (QED) is 0.692. The van der Waals surface area contributed by atoms with Crippen LogP contribution in [0.3, 0.4) is 0 Å². The van der Waals surface area contributed by atoms with Crippen LogP contribution in [0.1, 0.15) is 48.8 Å². The van der Waals surface area contributed by atoms with Crippen molar-refractivity contribution in [1.29, 1.82) is 0 Å². The monoisotopic (exact) mass is 332 g/mol. The number of imidazole rings is 1. The van der Waals surface area contributed by atoms with Crippen molar-refractivity contribution in [1.82, 2.24) is 14.6 Å². The maximum absolute atomic E-state index is 14.0. The Morgan fingerprint density at radius 1 is 1.08 bits per heavy atom. The van der Waals surface area contributed by atoms with Gasteiger partial charge in [0.2, 0.25) is 0 Å². The minimum Gasteiger partial charge on any atom is -0.348 e. The summed E-state index contributed by atoms with van der Waals surface area (Å²) in [6.45, 7) is 0.915. The van der Waals surface area contributed by atoms with Crippen LogP contribution in [0.15, 0.2) is 36.5 Å². The summed E-state index contributed by atoms with van der Waals surface area (Å²) in [6, 6.07) is 9.37. The van der Waals surface area contributed by atoms with Crippen LogP contribution in [0.4, 0.5) is 10.2 Å². The van der Waals surface area contributed by atoms with Crippen LogP contribution in [-0.2, 0) is 0 Å². The molecule has 1 unspecified atom stereocenters. The zero-order valence-corrected chi connectivity index (χ0v) is 13.9. The molecule has 2 aromatic heterocycles. The normalized spacial score (nSPS) is 20.5. The topological polar surface area (TPSA) is 33.4 Å². The molecule has 124 valence electrons. The Bertz CT molecular complexity index is 950. The van der Waals surface area contributed by atoms with Gasteiger partial charge in [0.25, 0.3) is 0 Å². The minimum atomic E-state index is -0.159. The molecule has 3 heterocycles. The Hall–Kier alpha value is -2.37. The minimum absolute atomic E-state index is 0.159. The van der Waals surface area contributed by atoms with E-state index in [2.05, 4.69) is 15.0 Å². The molecule has 1 saturated carbocycles. The number of benzene rings is 1. The second kappa shape index (κ2) is 5.58. The van der Waals surface area contributed by atoms with Crippen LogP contribution in [0.2, 0.25) is 0 Å². The van der Waals surface area contributed by atoms with Crippen molar-refractivity contribution in [3.8, 4) is 0 Å². The first kappa shape index (κ1) is 14.9. The van der Waals surface area contributed by atoms with Gasteiger partial charge in [-0.1, -0.05) is 6.07 Å². The van der Waals surface area contributed by atoms with Crippen LogP contribution in [-0.4, -0.2) is 29.0 Å². The van der Waals surface area contributed by atoms with Crippen molar-refractivity contribution in [2.24, 2.45) is 0 Å². The Kier molecular flexibility index (Phi) is 3.33. The molecule has 1 saturated heterocycles. The Balaban J connectivity index is 1.57. The smallest absolute Gasteiger partial charge is 0.152 e. The zero-order chi connectivity index (χ0) is 17.0. The number of hydrogen-bond acceptors (Lipinski definition) is 3. The Labute approximate surface area is 147 Å². The molecule has 2 fully saturated rings. The van der Waals surface area contributed by atoms with Gasteiger partial charge in [-0.25, -0.2) is 13.9 Å². The average molecular weight is 332 g/mol. The SMILES string of the molecule is [B]c1cnc2ccc(N3CCCC3c3cc(F)ccc3C3CC3)nn12. The molecule has 2 radical (unpaired) electrons. The first-order chi connectivity index (χ1) is 12.2. The van der Waals surface area contributed by atoms with Gasteiger partial charge in [0.05, 0.1) is 6.04 Å². The molecule has 1 aliphatic carbocycles. The maximum Gasteiger partial charge on any atom is 0.152 e. The third-order valence-corrected chi connectivity index (χ3v) is 5.35. The summed E-state index contributed by atoms with van der Waals surface area (Å²) in [5.74, 6) is 1.30. The first-order valence-electron chi connectivity index (χ1n) is 8.87. The van der Waals surface area contributed by atoms with Gasteiger partial charge in [-0.15, -0.1) is 5.10 Å². The standard InChI is InChI=1S/C19H18BFN4/c20-17-11-22-18-7-8-19(23-25(17)18)24-9-1-2-16(24)15-10-13(21)5-6-14(15)12-3-4-12/h5-8,10-12,16H,1-4,9H2. The highest BCUT2D eigenvalue weighted by Gasteiger charge is 2.33. The summed E-state index contributed by atoms with van der Waals surface area (Å²) >= 11 is 0. The van der Waals surface area contributed by atoms with Crippen molar-refractivity contribution in [3.05, 3.63) is 53.5 Å². The lowest BCUT2D eigenvalue weighted by molar-refractivity contribution is 0.615. The number of fused-ring (bicyclic) bond motifs is 1. The molecule has 0 amide bonds. The maximum atomic E-state index is 14.0. The lowest BCUT2D eigenvalue weighted by Gasteiger charge is -2.28. The molecule has 0 bridgehead atoms. The first-order valence-corrected chi connectivity index (χ1v) is 8.87. The van der Waals surface area contributed by atoms with Gasteiger partial charge < -0.3 is 4.90 Å². The Morgan fingerprint density at radius 2 is 1.96 bits per heavy atom. The third-order valence-electron chi connectivity index (χ3n) is 5.35. The van der Waals surface area contributed by atoms with Crippen LogP contribution in [0.5, 0.6) is 0 Å². The van der Waals surface area contributed by atoms with Gasteiger partial charge in [-0.05, 0) is 67.0 Å². The van der Waals surface area contributed by atoms with Gasteiger partial charge in [0, 0.05) is 18.3 Å². The van der Waals surface area contributed by atoms with Crippen LogP contribution >= 0.6 is 0 Å². The fraction of sp³-hybridized carbons (Fsp3) is 0.368. The molecular formula is C19H18BFN4. The lowest BCUT2D eigenvalue weighted by Crippen LogP contribution is -2.26. The fourth-order valence-electron chi connectivity index (χ4n) is 4.00. The summed E-state index contributed by atoms with van der Waals surface area (Å²) in [5.41, 5.74) is 3.69. The van der Waals surface area contributed by atoms with Crippen molar-refractivity contribution in [3.63, 3.8) is 0 Å². The van der Waals surface area contributed by atoms with E-state index >= 15 is 0 Å². The van der Waals surface area contributed by atoms with Crippen LogP contribution in [0, 0.1) is 5.82 Å². The van der Waals surface area contributed by atoms with Crippen molar-refractivity contribution in [2.75, 3.05) is 11.4 Å². The summed E-state index contributed by atoms with van der Waals surface area (Å²) < 4.78 is 15.6. The lowest BCUT2D eigenvalue weighted by atomic mass is 9.95. The van der Waals surface area contributed by atoms with E-state index < -0.39 is 0 Å². The molecule has 5 rings (SSSR count). The van der Waals surface area contributed by atoms with Crippen molar-refractivity contribution < 1.29 is 4.39 Å². The highest BCUT2D eigenvalue weighted by Crippen LogP contribution is 2.46. The molecule has 3 aromatic rings. The second-order valence-electron chi connectivity index (χ2n) is 7.04. The summed E-state index contributed by atoms with van der Waals surface area (Å²) in [4.78, 5) is 6.51. The van der Waals surface area contributed by atoms with Gasteiger partial charge in [0.15, 0.2) is 5.65 Å². The predicted molar refractivity (Wildman–Crippen MR) is 96.1 cm³/mol. The molecule has 6 heteroatoms. The largest absolute Gasteiger partial charge is 0.348 e. The highest BCUT2D eigenvalue weighted by atomic mass is 19.1. The molecular weight excluding hydrogens is 314 g/mol. The van der Waals surface area contributed by atoms with E-state index in [1.165, 1.54) is 18.4 Å². The van der Waals surface area contributed by atoms with E-state index in [4.69, 9.17) is 7.85 Å². The third kappa shape index (κ3) is 2.51. The Morgan fingerprint density at radius 3 is 2.80 bits per heavy atom. The van der Waals surface area contributed by atoms with E-state index in [1.807, 2.05) is 18.2 Å². The molecule has 2 aliphatic rings. The molecule has 0 N–H and O–H groups in total. The van der Waals surface area contributed by atoms with Crippen LogP contribution in [0.25, 0.3) is 5.65 Å². The molecule has 1 aromatic carbocycles. The van der Waals surface area contributed by atoms with Gasteiger partial charge in [-0.2, -0.15) is 0 Å². The van der Waals surface area contributed by atoms with Gasteiger partial charge >= 0.3 is 0 Å². The molecule has 1 atom stereocenters. The summed E-state index contributed by atoms with van der Waals surface area (Å²) in [7, 11) is 5.95. The molecule has 1 aliphatic heterocycles. The number of rotatable bonds is 3. The predicted octanol–water partition coefficient (Wildman–Crippen LogP) is 2.88. The second-order valence-corrected chi connectivity index (χ2v) is 7.04. The number of nitrogens with zero attached hydrogens (tertiary/aromatic N) is 4. The van der Waals surface area contributed by atoms with E-state index in [9.17, 15) is 4.39 Å². The average Bonchev–Trinajstić information content (AvgIpc) is 3.23. The number of aromatic nitrogens is 3. The zero-order valence-electron chi connectivity index (χ0n) is 13.9. The number of hydrogen-bond donors (Lipinski definition) is 0. The van der Waals surface area contributed by atoms with E-state index in [-0.39, 0.29) is 11.9 Å². The molecule has 4 nitrogen and oxygen atoms in total. The van der Waals surface area contributed by atoms with Gasteiger partial charge in [-0.3, -0.25) is 0 Å². The van der Waals surface area contributed by atoms with Gasteiger partial charge in [0.1, 0.15) is 19.5 Å². The molecule has 0 spiro atoms. The number of anilines is 1. The summed E-state index contributed by atoms with van der Waals surface area (Å²) in [6.07, 6.45) is 6.13. The summed E-state index contributed by atoms with van der Waals surface area (Å²) in [5, 5.41) is 4.67.